The number of furan rings is 1. The molecular formula is C22H26N6O3. The van der Waals surface area contributed by atoms with Gasteiger partial charge >= 0.3 is 0 Å². The first-order chi connectivity index (χ1) is 15.1. The zero-order chi connectivity index (χ0) is 21.4. The molecule has 1 aliphatic heterocycles. The van der Waals surface area contributed by atoms with Gasteiger partial charge in [-0.15, -0.1) is 5.10 Å². The van der Waals surface area contributed by atoms with Crippen molar-refractivity contribution in [1.29, 1.82) is 0 Å². The molecule has 1 atom stereocenters. The van der Waals surface area contributed by atoms with Gasteiger partial charge in [-0.2, -0.15) is 0 Å². The van der Waals surface area contributed by atoms with E-state index in [1.165, 1.54) is 0 Å². The monoisotopic (exact) mass is 422 g/mol. The quantitative estimate of drug-likeness (QED) is 0.487. The van der Waals surface area contributed by atoms with Crippen LogP contribution >= 0.6 is 0 Å². The number of aliphatic hydroxyl groups excluding tert-OH is 1. The number of nitrogens with zero attached hydrogens (tertiary/aromatic N) is 5. The number of fused-ring (bicyclic) bond motifs is 2. The van der Waals surface area contributed by atoms with Gasteiger partial charge in [0.1, 0.15) is 23.7 Å². The van der Waals surface area contributed by atoms with Crippen molar-refractivity contribution in [2.45, 2.75) is 25.8 Å². The molecule has 0 bridgehead atoms. The predicted molar refractivity (Wildman–Crippen MR) is 117 cm³/mol. The number of aliphatic hydroxyl groups is 1. The maximum absolute atomic E-state index is 9.42. The van der Waals surface area contributed by atoms with Gasteiger partial charge in [0.2, 0.25) is 5.88 Å². The van der Waals surface area contributed by atoms with Crippen molar-refractivity contribution in [3.8, 4) is 17.3 Å². The molecule has 9 heteroatoms. The smallest absolute Gasteiger partial charge is 0.231 e. The molecule has 1 saturated heterocycles. The van der Waals surface area contributed by atoms with Crippen LogP contribution in [-0.2, 0) is 0 Å². The van der Waals surface area contributed by atoms with Gasteiger partial charge in [-0.25, -0.2) is 14.5 Å². The minimum absolute atomic E-state index is 0.0801. The number of nitrogens with two attached hydrogens (primary N) is 1. The zero-order valence-electron chi connectivity index (χ0n) is 17.4. The third kappa shape index (κ3) is 3.82. The molecule has 0 aliphatic carbocycles. The number of hydrogen-bond acceptors (Lipinski definition) is 8. The molecule has 0 aromatic carbocycles. The summed E-state index contributed by atoms with van der Waals surface area (Å²) in [5.74, 6) is 2.43. The fraction of sp³-hybridized carbons (Fsp3) is 0.409. The van der Waals surface area contributed by atoms with Crippen LogP contribution in [0.25, 0.3) is 28.1 Å². The Morgan fingerprint density at radius 2 is 2.10 bits per heavy atom. The lowest BCUT2D eigenvalue weighted by Crippen LogP contribution is -2.35. The highest BCUT2D eigenvalue weighted by molar-refractivity contribution is 5.92. The van der Waals surface area contributed by atoms with E-state index >= 15 is 0 Å². The van der Waals surface area contributed by atoms with E-state index in [4.69, 9.17) is 14.9 Å². The summed E-state index contributed by atoms with van der Waals surface area (Å²) in [6, 6.07) is 7.43. The first-order valence-electron chi connectivity index (χ1n) is 10.6. The summed E-state index contributed by atoms with van der Waals surface area (Å²) in [5.41, 5.74) is 7.99. The summed E-state index contributed by atoms with van der Waals surface area (Å²) in [5, 5.41) is 14.9. The summed E-state index contributed by atoms with van der Waals surface area (Å²) in [6.07, 6.45) is 5.44. The summed E-state index contributed by atoms with van der Waals surface area (Å²) in [4.78, 5) is 11.3. The van der Waals surface area contributed by atoms with Crippen molar-refractivity contribution in [3.05, 3.63) is 36.7 Å². The van der Waals surface area contributed by atoms with Crippen LogP contribution in [0.2, 0.25) is 0 Å². The molecule has 0 amide bonds. The van der Waals surface area contributed by atoms with Crippen molar-refractivity contribution >= 4 is 22.4 Å². The fourth-order valence-corrected chi connectivity index (χ4v) is 3.97. The molecule has 162 valence electrons. The Kier molecular flexibility index (Phi) is 5.21. The van der Waals surface area contributed by atoms with E-state index < -0.39 is 0 Å². The standard InChI is InChI=1S/C22H26N6O3/c1-14(23)13-30-21-3-2-20-25-11-17(28(20)26-21)19-10-16-18(31-19)4-7-24-22(16)27-8-5-15(12-29)6-9-27/h2-4,7,10-11,14-15,29H,5-6,8-9,12-13,23H2,1H3. The molecule has 4 aromatic heterocycles. The van der Waals surface area contributed by atoms with E-state index in [2.05, 4.69) is 20.0 Å². The third-order valence-corrected chi connectivity index (χ3v) is 5.68. The fourth-order valence-electron chi connectivity index (χ4n) is 3.97. The predicted octanol–water partition coefficient (Wildman–Crippen LogP) is 2.47. The molecular weight excluding hydrogens is 396 g/mol. The number of ether oxygens (including phenoxy) is 1. The Labute approximate surface area is 179 Å². The lowest BCUT2D eigenvalue weighted by Gasteiger charge is -2.32. The van der Waals surface area contributed by atoms with Gasteiger partial charge in [-0.05, 0) is 43.9 Å². The summed E-state index contributed by atoms with van der Waals surface area (Å²) >= 11 is 0. The largest absolute Gasteiger partial charge is 0.475 e. The number of rotatable bonds is 6. The summed E-state index contributed by atoms with van der Waals surface area (Å²) < 4.78 is 13.5. The highest BCUT2D eigenvalue weighted by Gasteiger charge is 2.23. The zero-order valence-corrected chi connectivity index (χ0v) is 17.4. The van der Waals surface area contributed by atoms with Gasteiger partial charge < -0.3 is 24.9 Å². The van der Waals surface area contributed by atoms with E-state index in [1.807, 2.05) is 25.1 Å². The summed E-state index contributed by atoms with van der Waals surface area (Å²) in [6.45, 7) is 4.26. The number of pyridine rings is 1. The molecule has 5 heterocycles. The Morgan fingerprint density at radius 3 is 2.87 bits per heavy atom. The highest BCUT2D eigenvalue weighted by Crippen LogP contribution is 2.34. The number of imidazole rings is 1. The lowest BCUT2D eigenvalue weighted by molar-refractivity contribution is 0.203. The van der Waals surface area contributed by atoms with Crippen molar-refractivity contribution < 1.29 is 14.3 Å². The van der Waals surface area contributed by atoms with Crippen molar-refractivity contribution in [1.82, 2.24) is 19.6 Å². The van der Waals surface area contributed by atoms with Crippen LogP contribution < -0.4 is 15.4 Å². The van der Waals surface area contributed by atoms with E-state index in [1.54, 1.807) is 23.0 Å². The number of anilines is 1. The number of piperidine rings is 1. The van der Waals surface area contributed by atoms with Crippen LogP contribution in [-0.4, -0.2) is 57.0 Å². The molecule has 0 saturated carbocycles. The van der Waals surface area contributed by atoms with Gasteiger partial charge in [-0.1, -0.05) is 0 Å². The molecule has 1 fully saturated rings. The van der Waals surface area contributed by atoms with Crippen molar-refractivity contribution in [2.75, 3.05) is 31.2 Å². The van der Waals surface area contributed by atoms with Crippen LogP contribution in [0.15, 0.2) is 41.1 Å². The topological polar surface area (TPSA) is 115 Å². The van der Waals surface area contributed by atoms with E-state index in [9.17, 15) is 5.11 Å². The van der Waals surface area contributed by atoms with Gasteiger partial charge in [0.15, 0.2) is 11.4 Å². The highest BCUT2D eigenvalue weighted by atomic mass is 16.5. The molecule has 9 nitrogen and oxygen atoms in total. The molecule has 0 spiro atoms. The normalized spacial score (nSPS) is 16.3. The van der Waals surface area contributed by atoms with E-state index in [0.717, 1.165) is 48.4 Å². The Hall–Kier alpha value is -3.17. The number of hydrogen-bond donors (Lipinski definition) is 2. The Bertz CT molecular complexity index is 1190. The second kappa shape index (κ2) is 8.16. The minimum atomic E-state index is -0.0801. The second-order valence-corrected chi connectivity index (χ2v) is 8.14. The first kappa shape index (κ1) is 19.8. The Balaban J connectivity index is 1.49. The molecule has 1 aliphatic rings. The van der Waals surface area contributed by atoms with Crippen LogP contribution in [0.3, 0.4) is 0 Å². The van der Waals surface area contributed by atoms with Crippen LogP contribution in [0.4, 0.5) is 5.82 Å². The van der Waals surface area contributed by atoms with Crippen molar-refractivity contribution in [3.63, 3.8) is 0 Å². The molecule has 4 aromatic rings. The average molecular weight is 422 g/mol. The molecule has 31 heavy (non-hydrogen) atoms. The first-order valence-corrected chi connectivity index (χ1v) is 10.6. The summed E-state index contributed by atoms with van der Waals surface area (Å²) in [7, 11) is 0. The van der Waals surface area contributed by atoms with Crippen LogP contribution in [0.1, 0.15) is 19.8 Å². The lowest BCUT2D eigenvalue weighted by atomic mass is 9.98. The van der Waals surface area contributed by atoms with Crippen LogP contribution in [0.5, 0.6) is 5.88 Å². The molecule has 3 N–H and O–H groups in total. The minimum Gasteiger partial charge on any atom is -0.475 e. The number of aromatic nitrogens is 4. The van der Waals surface area contributed by atoms with Crippen LogP contribution in [0, 0.1) is 5.92 Å². The SMILES string of the molecule is CC(N)COc1ccc2ncc(-c3cc4c(N5CCC(CO)CC5)nccc4o3)n2n1. The maximum Gasteiger partial charge on any atom is 0.231 e. The van der Waals surface area contributed by atoms with Crippen molar-refractivity contribution in [2.24, 2.45) is 11.7 Å². The Morgan fingerprint density at radius 1 is 1.26 bits per heavy atom. The molecule has 0 radical (unpaired) electrons. The molecule has 1 unspecified atom stereocenters. The van der Waals surface area contributed by atoms with E-state index in [-0.39, 0.29) is 12.6 Å². The van der Waals surface area contributed by atoms with Gasteiger partial charge in [0, 0.05) is 38.0 Å². The van der Waals surface area contributed by atoms with Gasteiger partial charge in [0.05, 0.1) is 11.6 Å². The van der Waals surface area contributed by atoms with Gasteiger partial charge in [-0.3, -0.25) is 0 Å². The average Bonchev–Trinajstić information content (AvgIpc) is 3.41. The van der Waals surface area contributed by atoms with E-state index in [0.29, 0.717) is 29.8 Å². The van der Waals surface area contributed by atoms with Gasteiger partial charge in [0.25, 0.3) is 0 Å². The second-order valence-electron chi connectivity index (χ2n) is 8.14. The third-order valence-electron chi connectivity index (χ3n) is 5.68. The molecule has 5 rings (SSSR count). The maximum atomic E-state index is 9.42.